The van der Waals surface area contributed by atoms with Gasteiger partial charge in [-0.3, -0.25) is 14.9 Å². The molecule has 0 radical (unpaired) electrons. The molecule has 0 aliphatic carbocycles. The third kappa shape index (κ3) is 3.57. The smallest absolute Gasteiger partial charge is 0.259 e. The van der Waals surface area contributed by atoms with Gasteiger partial charge < -0.3 is 38.1 Å². The summed E-state index contributed by atoms with van der Waals surface area (Å²) in [5, 5.41) is 3.89. The molecule has 3 aliphatic rings. The highest BCUT2D eigenvalue weighted by Crippen LogP contribution is 2.48. The number of fused-ring (bicyclic) bond motifs is 6. The number of likely N-dealkylation sites (N-methyl/N-ethyl adjacent to an activating group) is 1. The van der Waals surface area contributed by atoms with E-state index in [4.69, 9.17) is 23.7 Å². The quantitative estimate of drug-likeness (QED) is 0.351. The molecule has 0 fully saturated rings. The number of benzene rings is 2. The van der Waals surface area contributed by atoms with Gasteiger partial charge in [0.25, 0.3) is 11.8 Å². The van der Waals surface area contributed by atoms with Crippen LogP contribution in [-0.4, -0.2) is 73.7 Å². The van der Waals surface area contributed by atoms with Crippen LogP contribution in [0.15, 0.2) is 36.7 Å². The highest BCUT2D eigenvalue weighted by atomic mass is 16.7. The lowest BCUT2D eigenvalue weighted by Crippen LogP contribution is -2.31. The van der Waals surface area contributed by atoms with E-state index in [-0.39, 0.29) is 30.8 Å². The summed E-state index contributed by atoms with van der Waals surface area (Å²) in [7, 11) is 5.66. The Morgan fingerprint density at radius 1 is 0.923 bits per heavy atom. The van der Waals surface area contributed by atoms with Crippen molar-refractivity contribution < 1.29 is 33.3 Å². The first kappa shape index (κ1) is 23.6. The predicted molar refractivity (Wildman–Crippen MR) is 142 cm³/mol. The van der Waals surface area contributed by atoms with Crippen molar-refractivity contribution in [3.63, 3.8) is 0 Å². The molecule has 0 saturated carbocycles. The van der Waals surface area contributed by atoms with E-state index in [2.05, 4.69) is 15.2 Å². The second kappa shape index (κ2) is 8.79. The Balaban J connectivity index is 1.48. The van der Waals surface area contributed by atoms with E-state index in [0.717, 1.165) is 11.0 Å². The fourth-order valence-electron chi connectivity index (χ4n) is 5.67. The van der Waals surface area contributed by atoms with Crippen LogP contribution < -0.4 is 24.3 Å². The van der Waals surface area contributed by atoms with E-state index in [0.29, 0.717) is 58.0 Å². The molecule has 200 valence electrons. The van der Waals surface area contributed by atoms with E-state index >= 15 is 0 Å². The molecule has 39 heavy (non-hydrogen) atoms. The summed E-state index contributed by atoms with van der Waals surface area (Å²) in [4.78, 5) is 32.1. The maximum atomic E-state index is 13.5. The number of carbonyl (C=O) groups is 2. The molecule has 2 N–H and O–H groups in total. The molecule has 11 heteroatoms. The van der Waals surface area contributed by atoms with Crippen LogP contribution in [0.1, 0.15) is 11.1 Å². The van der Waals surface area contributed by atoms with Gasteiger partial charge in [-0.15, -0.1) is 0 Å². The van der Waals surface area contributed by atoms with Crippen LogP contribution in [0.5, 0.6) is 23.0 Å². The average Bonchev–Trinajstić information content (AvgIpc) is 3.72. The van der Waals surface area contributed by atoms with Crippen molar-refractivity contribution in [1.29, 1.82) is 0 Å². The van der Waals surface area contributed by atoms with Crippen molar-refractivity contribution in [2.24, 2.45) is 0 Å². The molecule has 1 atom stereocenters. The van der Waals surface area contributed by atoms with Crippen LogP contribution >= 0.6 is 0 Å². The van der Waals surface area contributed by atoms with Crippen molar-refractivity contribution in [3.05, 3.63) is 47.8 Å². The number of hydrogen-bond acceptors (Lipinski definition) is 8. The van der Waals surface area contributed by atoms with Crippen LogP contribution in [0, 0.1) is 0 Å². The predicted octanol–water partition coefficient (Wildman–Crippen LogP) is 2.72. The number of rotatable bonds is 7. The van der Waals surface area contributed by atoms with Crippen LogP contribution in [0.2, 0.25) is 0 Å². The van der Waals surface area contributed by atoms with Crippen LogP contribution in [0.4, 0.5) is 0 Å². The number of aromatic nitrogens is 2. The molecule has 1 unspecified atom stereocenters. The molecule has 2 amide bonds. The Hall–Kier alpha value is -4.48. The molecule has 2 aromatic heterocycles. The zero-order chi connectivity index (χ0) is 26.8. The average molecular weight is 531 g/mol. The third-order valence-corrected chi connectivity index (χ3v) is 7.33. The minimum Gasteiger partial charge on any atom is -0.454 e. The van der Waals surface area contributed by atoms with Crippen molar-refractivity contribution in [2.45, 2.75) is 12.6 Å². The summed E-state index contributed by atoms with van der Waals surface area (Å²) in [6.07, 6.45) is 3.50. The number of amides is 2. The summed E-state index contributed by atoms with van der Waals surface area (Å²) in [5.74, 6) is 1.27. The summed E-state index contributed by atoms with van der Waals surface area (Å²) < 4.78 is 30.7. The number of imide groups is 1. The molecule has 3 aliphatic heterocycles. The van der Waals surface area contributed by atoms with E-state index in [1.165, 1.54) is 0 Å². The van der Waals surface area contributed by atoms with Gasteiger partial charge in [0.05, 0.1) is 45.6 Å². The first-order chi connectivity index (χ1) is 18.9. The van der Waals surface area contributed by atoms with Gasteiger partial charge in [0, 0.05) is 37.2 Å². The Kier molecular flexibility index (Phi) is 5.32. The second-order valence-electron chi connectivity index (χ2n) is 9.97. The molecule has 2 aromatic carbocycles. The largest absolute Gasteiger partial charge is 0.454 e. The first-order valence-electron chi connectivity index (χ1n) is 12.5. The number of methoxy groups -OCH3 is 1. The van der Waals surface area contributed by atoms with E-state index in [9.17, 15) is 9.59 Å². The fourth-order valence-corrected chi connectivity index (χ4v) is 5.67. The van der Waals surface area contributed by atoms with Gasteiger partial charge in [-0.05, 0) is 38.4 Å². The number of hydrogen-bond donors (Lipinski definition) is 2. The first-order valence-corrected chi connectivity index (χ1v) is 12.5. The van der Waals surface area contributed by atoms with Crippen LogP contribution in [-0.2, 0) is 20.9 Å². The highest BCUT2D eigenvalue weighted by Gasteiger charge is 2.38. The lowest BCUT2D eigenvalue weighted by molar-refractivity contribution is -0.122. The monoisotopic (exact) mass is 530 g/mol. The minimum atomic E-state index is -0.486. The van der Waals surface area contributed by atoms with Gasteiger partial charge in [0.15, 0.2) is 23.0 Å². The molecule has 7 rings (SSSR count). The highest BCUT2D eigenvalue weighted by molar-refractivity contribution is 6.51. The number of aromatic amines is 1. The van der Waals surface area contributed by atoms with E-state index < -0.39 is 11.8 Å². The molecule has 4 aromatic rings. The van der Waals surface area contributed by atoms with E-state index in [1.807, 2.05) is 49.1 Å². The number of nitrogens with one attached hydrogen (secondary N) is 2. The number of nitrogens with zero attached hydrogens (tertiary/aromatic N) is 2. The summed E-state index contributed by atoms with van der Waals surface area (Å²) in [6.45, 7) is 1.38. The molecule has 11 nitrogen and oxygen atoms in total. The number of H-pyrrole nitrogens is 1. The van der Waals surface area contributed by atoms with Crippen molar-refractivity contribution >= 4 is 44.8 Å². The lowest BCUT2D eigenvalue weighted by atomic mass is 9.95. The van der Waals surface area contributed by atoms with Gasteiger partial charge in [0.2, 0.25) is 13.6 Å². The number of carbonyl (C=O) groups excluding carboxylic acids is 2. The van der Waals surface area contributed by atoms with Gasteiger partial charge in [0.1, 0.15) is 0 Å². The zero-order valence-corrected chi connectivity index (χ0v) is 21.6. The third-order valence-electron chi connectivity index (χ3n) is 7.33. The fraction of sp³-hybridized carbons (Fsp3) is 0.286. The van der Waals surface area contributed by atoms with Crippen LogP contribution in [0.25, 0.3) is 33.0 Å². The van der Waals surface area contributed by atoms with E-state index in [1.54, 1.807) is 13.3 Å². The Morgan fingerprint density at radius 2 is 1.59 bits per heavy atom. The number of ether oxygens (including phenoxy) is 5. The van der Waals surface area contributed by atoms with Crippen molar-refractivity contribution in [2.75, 3.05) is 41.3 Å². The van der Waals surface area contributed by atoms with Gasteiger partial charge >= 0.3 is 0 Å². The second-order valence-corrected chi connectivity index (χ2v) is 9.97. The molecule has 0 saturated heterocycles. The van der Waals surface area contributed by atoms with Crippen molar-refractivity contribution in [1.82, 2.24) is 19.8 Å². The Morgan fingerprint density at radius 3 is 2.28 bits per heavy atom. The summed E-state index contributed by atoms with van der Waals surface area (Å²) >= 11 is 0. The minimum absolute atomic E-state index is 0.0728. The molecule has 0 bridgehead atoms. The SMILES string of the molecule is COC(CN(C)C)Cn1cc(C2=C(c3c[nH]c4ccc5c(c34)OCO5)C(=O)NC2=O)c2c3c(ccc21)OCO3. The lowest BCUT2D eigenvalue weighted by Gasteiger charge is -2.20. The molecular weight excluding hydrogens is 504 g/mol. The Labute approximate surface area is 222 Å². The van der Waals surface area contributed by atoms with Crippen LogP contribution in [0.3, 0.4) is 0 Å². The normalized spacial score (nSPS) is 16.8. The molecule has 5 heterocycles. The molecular formula is C28H26N4O7. The maximum absolute atomic E-state index is 13.5. The topological polar surface area (TPSA) is 116 Å². The Bertz CT molecular complexity index is 1710. The molecule has 0 spiro atoms. The maximum Gasteiger partial charge on any atom is 0.259 e. The summed E-state index contributed by atoms with van der Waals surface area (Å²) in [5.41, 5.74) is 3.24. The standard InChI is InChI=1S/C28H26N4O7/c1-31(2)9-14(35-3)10-32-11-16(22-18(32)5-7-20-26(22)39-13-37-20)24-23(27(33)30-28(24)34)15-8-29-17-4-6-19-25(21(15)17)38-12-36-19/h4-8,11,14,29H,9-10,12-13H2,1-3H3,(H,30,33,34). The van der Waals surface area contributed by atoms with Gasteiger partial charge in [-0.25, -0.2) is 0 Å². The van der Waals surface area contributed by atoms with Gasteiger partial charge in [-0.2, -0.15) is 0 Å². The zero-order valence-electron chi connectivity index (χ0n) is 21.6. The van der Waals surface area contributed by atoms with Crippen molar-refractivity contribution in [3.8, 4) is 23.0 Å². The summed E-state index contributed by atoms with van der Waals surface area (Å²) in [6, 6.07) is 7.47. The van der Waals surface area contributed by atoms with Gasteiger partial charge in [-0.1, -0.05) is 0 Å².